The average Bonchev–Trinajstić information content (AvgIpc) is 3.02. The molecule has 0 spiro atoms. The van der Waals surface area contributed by atoms with Crippen LogP contribution in [0.15, 0.2) is 36.7 Å². The number of amides is 2. The van der Waals surface area contributed by atoms with Gasteiger partial charge in [0.2, 0.25) is 17.4 Å². The number of aromatic nitrogens is 2. The molecule has 2 rings (SSSR count). The van der Waals surface area contributed by atoms with Gasteiger partial charge in [0.25, 0.3) is 0 Å². The second kappa shape index (κ2) is 7.78. The molecular weight excluding hydrogens is 365 g/mol. The maximum atomic E-state index is 13.4. The summed E-state index contributed by atoms with van der Waals surface area (Å²) in [6.45, 7) is 1.69. The van der Waals surface area contributed by atoms with E-state index in [0.717, 1.165) is 10.8 Å². The van der Waals surface area contributed by atoms with Crippen molar-refractivity contribution >= 4 is 23.2 Å². The number of rotatable bonds is 6. The highest BCUT2D eigenvalue weighted by atomic mass is 19.4. The van der Waals surface area contributed by atoms with E-state index in [-0.39, 0.29) is 11.6 Å². The molecule has 0 bridgehead atoms. The fourth-order valence-corrected chi connectivity index (χ4v) is 2.39. The third-order valence-electron chi connectivity index (χ3n) is 3.85. The van der Waals surface area contributed by atoms with Crippen LogP contribution >= 0.6 is 0 Å². The van der Waals surface area contributed by atoms with Crippen molar-refractivity contribution < 1.29 is 27.9 Å². The van der Waals surface area contributed by atoms with E-state index < -0.39 is 29.9 Å². The monoisotopic (exact) mass is 384 g/mol. The molecule has 1 aromatic carbocycles. The molecule has 0 aliphatic rings. The van der Waals surface area contributed by atoms with Crippen LogP contribution in [0.1, 0.15) is 25.6 Å². The molecule has 0 saturated carbocycles. The third kappa shape index (κ3) is 4.64. The Morgan fingerprint density at radius 1 is 1.11 bits per heavy atom. The largest absolute Gasteiger partial charge is 0.425 e. The van der Waals surface area contributed by atoms with Crippen molar-refractivity contribution in [3.05, 3.63) is 42.5 Å². The Morgan fingerprint density at radius 3 is 2.04 bits per heavy atom. The third-order valence-corrected chi connectivity index (χ3v) is 3.85. The minimum absolute atomic E-state index is 0.197. The maximum Gasteiger partial charge on any atom is 0.425 e. The molecule has 7 nitrogen and oxygen atoms in total. The quantitative estimate of drug-likeness (QED) is 0.713. The number of nitrogens with one attached hydrogen (secondary N) is 2. The number of nitrogens with zero attached hydrogens (tertiary/aromatic N) is 2. The second-order valence-corrected chi connectivity index (χ2v) is 5.92. The van der Waals surface area contributed by atoms with Gasteiger partial charge >= 0.3 is 6.18 Å². The van der Waals surface area contributed by atoms with Crippen molar-refractivity contribution in [3.8, 4) is 0 Å². The number of alkyl halides is 3. The number of aliphatic hydroxyl groups is 1. The smallest absolute Gasteiger partial charge is 0.374 e. The summed E-state index contributed by atoms with van der Waals surface area (Å²) in [4.78, 5) is 27.0. The van der Waals surface area contributed by atoms with Crippen LogP contribution in [-0.2, 0) is 22.2 Å². The summed E-state index contributed by atoms with van der Waals surface area (Å²) in [5, 5.41) is 15.1. The predicted octanol–water partition coefficient (Wildman–Crippen LogP) is 2.55. The van der Waals surface area contributed by atoms with Crippen LogP contribution in [0, 0.1) is 0 Å². The van der Waals surface area contributed by atoms with Gasteiger partial charge in [-0.2, -0.15) is 13.2 Å². The molecule has 1 heterocycles. The van der Waals surface area contributed by atoms with Gasteiger partial charge in [0.05, 0.1) is 6.42 Å². The summed E-state index contributed by atoms with van der Waals surface area (Å²) in [7, 11) is 1.29. The summed E-state index contributed by atoms with van der Waals surface area (Å²) in [5.74, 6) is -1.91. The molecule has 0 saturated heterocycles. The second-order valence-electron chi connectivity index (χ2n) is 5.92. The number of anilines is 2. The summed E-state index contributed by atoms with van der Waals surface area (Å²) < 4.78 is 41.3. The summed E-state index contributed by atoms with van der Waals surface area (Å²) in [6.07, 6.45) is -3.71. The maximum absolute atomic E-state index is 13.4. The first-order chi connectivity index (χ1) is 12.6. The van der Waals surface area contributed by atoms with Crippen LogP contribution in [0.5, 0.6) is 0 Å². The zero-order valence-corrected chi connectivity index (χ0v) is 14.7. The van der Waals surface area contributed by atoms with E-state index in [2.05, 4.69) is 15.6 Å². The van der Waals surface area contributed by atoms with Crippen LogP contribution in [0.3, 0.4) is 0 Å². The van der Waals surface area contributed by atoms with Crippen molar-refractivity contribution in [2.75, 3.05) is 10.6 Å². The molecule has 1 atom stereocenters. The predicted molar refractivity (Wildman–Crippen MR) is 91.8 cm³/mol. The molecule has 0 aliphatic heterocycles. The first-order valence-electron chi connectivity index (χ1n) is 8.03. The number of carbonyl (C=O) groups excluding carboxylic acids is 2. The standard InChI is InChI=1S/C17H19F3N4O3/c1-3-13(25)22-11-4-6-12(7-5-11)23-14(26)10-16(27,17(18,19)20)15-21-8-9-24(15)2/h4-9,27H,3,10H2,1-2H3,(H,22,25)(H,23,26). The number of hydrogen-bond donors (Lipinski definition) is 3. The first-order valence-corrected chi connectivity index (χ1v) is 8.03. The minimum atomic E-state index is -5.10. The van der Waals surface area contributed by atoms with E-state index in [0.29, 0.717) is 12.1 Å². The molecule has 27 heavy (non-hydrogen) atoms. The Balaban J connectivity index is 2.13. The van der Waals surface area contributed by atoms with Gasteiger partial charge in [-0.25, -0.2) is 4.98 Å². The fourth-order valence-electron chi connectivity index (χ4n) is 2.39. The lowest BCUT2D eigenvalue weighted by atomic mass is 9.97. The Morgan fingerprint density at radius 2 is 1.63 bits per heavy atom. The summed E-state index contributed by atoms with van der Waals surface area (Å²) >= 11 is 0. The number of aryl methyl sites for hydroxylation is 1. The minimum Gasteiger partial charge on any atom is -0.374 e. The lowest BCUT2D eigenvalue weighted by Gasteiger charge is -2.29. The van der Waals surface area contributed by atoms with Crippen LogP contribution in [0.25, 0.3) is 0 Å². The van der Waals surface area contributed by atoms with Crippen LogP contribution in [0.2, 0.25) is 0 Å². The zero-order chi connectivity index (χ0) is 20.2. The molecule has 10 heteroatoms. The number of carbonyl (C=O) groups is 2. The van der Waals surface area contributed by atoms with E-state index in [9.17, 15) is 27.9 Å². The molecule has 0 radical (unpaired) electrons. The van der Waals surface area contributed by atoms with Crippen molar-refractivity contribution in [1.82, 2.24) is 9.55 Å². The molecule has 0 fully saturated rings. The summed E-state index contributed by atoms with van der Waals surface area (Å²) in [6, 6.07) is 5.85. The van der Waals surface area contributed by atoms with Gasteiger partial charge in [0.15, 0.2) is 5.82 Å². The number of halogens is 3. The van der Waals surface area contributed by atoms with Gasteiger partial charge in [-0.1, -0.05) is 6.92 Å². The molecule has 3 N–H and O–H groups in total. The molecule has 146 valence electrons. The van der Waals surface area contributed by atoms with Gasteiger partial charge in [0, 0.05) is 37.2 Å². The van der Waals surface area contributed by atoms with Gasteiger partial charge in [-0.05, 0) is 24.3 Å². The van der Waals surface area contributed by atoms with Gasteiger partial charge in [-0.3, -0.25) is 9.59 Å². The van der Waals surface area contributed by atoms with Gasteiger partial charge in [-0.15, -0.1) is 0 Å². The molecule has 2 amide bonds. The topological polar surface area (TPSA) is 96.2 Å². The summed E-state index contributed by atoms with van der Waals surface area (Å²) in [5.41, 5.74) is -2.72. The van der Waals surface area contributed by atoms with E-state index >= 15 is 0 Å². The highest BCUT2D eigenvalue weighted by Gasteiger charge is 2.58. The Bertz CT molecular complexity index is 818. The first kappa shape index (κ1) is 20.4. The van der Waals surface area contributed by atoms with Gasteiger partial charge < -0.3 is 20.3 Å². The van der Waals surface area contributed by atoms with Crippen LogP contribution < -0.4 is 10.6 Å². The van der Waals surface area contributed by atoms with Crippen molar-refractivity contribution in [2.24, 2.45) is 7.05 Å². The fraction of sp³-hybridized carbons (Fsp3) is 0.353. The van der Waals surface area contributed by atoms with E-state index in [4.69, 9.17) is 0 Å². The molecule has 1 unspecified atom stereocenters. The molecule has 1 aromatic heterocycles. The SMILES string of the molecule is CCC(=O)Nc1ccc(NC(=O)CC(O)(c2nccn2C)C(F)(F)F)cc1. The molecule has 0 aliphatic carbocycles. The van der Waals surface area contributed by atoms with Crippen LogP contribution in [0.4, 0.5) is 24.5 Å². The Hall–Kier alpha value is -2.88. The highest BCUT2D eigenvalue weighted by Crippen LogP contribution is 2.40. The normalized spacial score (nSPS) is 13.7. The van der Waals surface area contributed by atoms with Crippen molar-refractivity contribution in [3.63, 3.8) is 0 Å². The Kier molecular flexibility index (Phi) is 5.89. The van der Waals surface area contributed by atoms with Gasteiger partial charge in [0.1, 0.15) is 0 Å². The zero-order valence-electron chi connectivity index (χ0n) is 14.7. The van der Waals surface area contributed by atoms with E-state index in [1.54, 1.807) is 6.92 Å². The van der Waals surface area contributed by atoms with Crippen molar-refractivity contribution in [1.29, 1.82) is 0 Å². The van der Waals surface area contributed by atoms with E-state index in [1.807, 2.05) is 0 Å². The number of benzene rings is 1. The van der Waals surface area contributed by atoms with E-state index in [1.165, 1.54) is 37.5 Å². The molecular formula is C17H19F3N4O3. The number of hydrogen-bond acceptors (Lipinski definition) is 4. The average molecular weight is 384 g/mol. The van der Waals surface area contributed by atoms with Crippen molar-refractivity contribution in [2.45, 2.75) is 31.5 Å². The van der Waals surface area contributed by atoms with Crippen LogP contribution in [-0.4, -0.2) is 32.6 Å². The number of imidazole rings is 1. The highest BCUT2D eigenvalue weighted by molar-refractivity contribution is 5.93. The lowest BCUT2D eigenvalue weighted by Crippen LogP contribution is -2.46. The lowest BCUT2D eigenvalue weighted by molar-refractivity contribution is -0.270. The Labute approximate surface area is 153 Å². The molecule has 2 aromatic rings.